The number of ether oxygens (including phenoxy) is 1. The summed E-state index contributed by atoms with van der Waals surface area (Å²) < 4.78 is 6.69. The first kappa shape index (κ1) is 22.7. The van der Waals surface area contributed by atoms with E-state index in [9.17, 15) is 0 Å². The Balaban J connectivity index is 1.25. The van der Waals surface area contributed by atoms with Gasteiger partial charge in [-0.25, -0.2) is 0 Å². The Morgan fingerprint density at radius 2 is 1.50 bits per heavy atom. The first-order chi connectivity index (χ1) is 16.6. The number of hydrogen-bond donors (Lipinski definition) is 2. The van der Waals surface area contributed by atoms with Crippen molar-refractivity contribution >= 4 is 17.2 Å². The van der Waals surface area contributed by atoms with Gasteiger partial charge in [0.1, 0.15) is 0 Å². The van der Waals surface area contributed by atoms with Gasteiger partial charge in [-0.05, 0) is 86.2 Å². The van der Waals surface area contributed by atoms with E-state index < -0.39 is 0 Å². The van der Waals surface area contributed by atoms with Crippen molar-refractivity contribution in [3.8, 4) is 0 Å². The molecule has 0 saturated heterocycles. The Hall–Kier alpha value is -1.75. The number of nitrogens with two attached hydrogens (primary N) is 1. The van der Waals surface area contributed by atoms with Gasteiger partial charge in [0.15, 0.2) is 0 Å². The summed E-state index contributed by atoms with van der Waals surface area (Å²) in [5.41, 5.74) is 9.31. The van der Waals surface area contributed by atoms with Crippen LogP contribution in [-0.2, 0) is 16.8 Å². The fraction of sp³-hybridized carbons (Fsp3) is 0.567. The molecule has 2 unspecified atom stereocenters. The highest BCUT2D eigenvalue weighted by atomic mass is 32.1. The van der Waals surface area contributed by atoms with Crippen molar-refractivity contribution in [2.45, 2.75) is 88.0 Å². The van der Waals surface area contributed by atoms with E-state index in [0.29, 0.717) is 30.0 Å². The molecule has 0 amide bonds. The lowest BCUT2D eigenvalue weighted by Crippen LogP contribution is -2.64. The smallest absolute Gasteiger partial charge is 0.0818 e. The van der Waals surface area contributed by atoms with E-state index in [4.69, 9.17) is 22.7 Å². The quantitative estimate of drug-likeness (QED) is 0.511. The second-order valence-corrected chi connectivity index (χ2v) is 12.2. The van der Waals surface area contributed by atoms with Gasteiger partial charge in [-0.1, -0.05) is 72.9 Å². The minimum absolute atomic E-state index is 0.114. The van der Waals surface area contributed by atoms with E-state index >= 15 is 0 Å². The van der Waals surface area contributed by atoms with Gasteiger partial charge >= 0.3 is 0 Å². The van der Waals surface area contributed by atoms with Crippen LogP contribution in [0.15, 0.2) is 60.7 Å². The maximum atomic E-state index is 6.69. The summed E-state index contributed by atoms with van der Waals surface area (Å²) in [6.45, 7) is 0.717. The summed E-state index contributed by atoms with van der Waals surface area (Å²) in [5.74, 6) is 1.15. The molecule has 4 bridgehead atoms. The van der Waals surface area contributed by atoms with Crippen LogP contribution in [0.5, 0.6) is 0 Å². The highest BCUT2D eigenvalue weighted by molar-refractivity contribution is 7.80. The first-order valence-electron chi connectivity index (χ1n) is 13.3. The van der Waals surface area contributed by atoms with Crippen LogP contribution >= 0.6 is 12.2 Å². The van der Waals surface area contributed by atoms with Crippen molar-refractivity contribution in [1.82, 2.24) is 5.32 Å². The molecule has 2 aromatic carbocycles. The summed E-state index contributed by atoms with van der Waals surface area (Å²) in [5, 5.41) is 3.87. The van der Waals surface area contributed by atoms with E-state index in [1.807, 2.05) is 0 Å². The third kappa shape index (κ3) is 4.12. The van der Waals surface area contributed by atoms with Crippen molar-refractivity contribution in [3.63, 3.8) is 0 Å². The van der Waals surface area contributed by atoms with E-state index in [2.05, 4.69) is 66.0 Å². The van der Waals surface area contributed by atoms with Gasteiger partial charge in [-0.15, -0.1) is 0 Å². The first-order valence-corrected chi connectivity index (χ1v) is 13.7. The fourth-order valence-electron chi connectivity index (χ4n) is 8.14. The van der Waals surface area contributed by atoms with Crippen molar-refractivity contribution < 1.29 is 4.74 Å². The second kappa shape index (κ2) is 9.04. The Bertz CT molecular complexity index is 985. The second-order valence-electron chi connectivity index (χ2n) is 11.8. The summed E-state index contributed by atoms with van der Waals surface area (Å²) >= 11 is 6.25. The maximum Gasteiger partial charge on any atom is 0.0818 e. The standard InChI is InChI=1S/C30H38N2OS/c31-25-11-13-26(14-12-25)32-28(34)30-17-22-15-29(20-30,24-9-5-2-6-10-24)16-23(18-30)27(22)33-19-21-7-3-1-4-8-21/h1-10,22-23,25-27H,11-20,31H2,(H,32,34)/t22?,23?,25-,26-,27?,29?,30?. The summed E-state index contributed by atoms with van der Waals surface area (Å²) in [4.78, 5) is 1.14. The lowest BCUT2D eigenvalue weighted by Gasteiger charge is -2.65. The Morgan fingerprint density at radius 1 is 0.882 bits per heavy atom. The van der Waals surface area contributed by atoms with Gasteiger partial charge in [0, 0.05) is 17.5 Å². The third-order valence-corrected chi connectivity index (χ3v) is 10.0. The molecule has 5 aliphatic carbocycles. The van der Waals surface area contributed by atoms with Crippen LogP contribution in [0.1, 0.15) is 68.9 Å². The zero-order valence-corrected chi connectivity index (χ0v) is 20.9. The van der Waals surface area contributed by atoms with Gasteiger partial charge in [-0.3, -0.25) is 0 Å². The largest absolute Gasteiger partial charge is 0.376 e. The predicted octanol–water partition coefficient (Wildman–Crippen LogP) is 5.91. The van der Waals surface area contributed by atoms with Crippen molar-refractivity contribution in [2.24, 2.45) is 23.0 Å². The molecule has 4 heteroatoms. The third-order valence-electron chi connectivity index (χ3n) is 9.48. The molecule has 0 heterocycles. The SMILES string of the molecule is N[C@H]1CC[C@H](NC(=S)C23CC4CC(c5ccccc5)(CC(C2)C4OCc2ccccc2)C3)CC1. The van der Waals surface area contributed by atoms with Crippen LogP contribution in [0, 0.1) is 17.3 Å². The summed E-state index contributed by atoms with van der Waals surface area (Å²) in [7, 11) is 0. The van der Waals surface area contributed by atoms with Gasteiger partial charge in [-0.2, -0.15) is 0 Å². The van der Waals surface area contributed by atoms with E-state index in [1.165, 1.54) is 43.2 Å². The van der Waals surface area contributed by atoms with Gasteiger partial charge < -0.3 is 15.8 Å². The Morgan fingerprint density at radius 3 is 2.15 bits per heavy atom. The molecule has 0 aliphatic heterocycles. The monoisotopic (exact) mass is 474 g/mol. The Labute approximate surface area is 209 Å². The van der Waals surface area contributed by atoms with Gasteiger partial charge in [0.05, 0.1) is 17.7 Å². The van der Waals surface area contributed by atoms with E-state index in [1.54, 1.807) is 0 Å². The maximum absolute atomic E-state index is 6.69. The molecule has 2 aromatic rings. The minimum Gasteiger partial charge on any atom is -0.376 e. The highest BCUT2D eigenvalue weighted by Crippen LogP contribution is 2.66. The molecule has 3 nitrogen and oxygen atoms in total. The minimum atomic E-state index is 0.114. The average Bonchev–Trinajstić information content (AvgIpc) is 2.86. The molecule has 34 heavy (non-hydrogen) atoms. The molecule has 0 spiro atoms. The molecule has 2 atom stereocenters. The fourth-order valence-corrected chi connectivity index (χ4v) is 8.55. The molecule has 5 saturated carbocycles. The van der Waals surface area contributed by atoms with Crippen LogP contribution in [-0.4, -0.2) is 23.2 Å². The molecule has 5 aliphatic rings. The number of thiocarbonyl (C=S) groups is 1. The average molecular weight is 475 g/mol. The lowest BCUT2D eigenvalue weighted by atomic mass is 9.42. The molecule has 0 aromatic heterocycles. The number of hydrogen-bond acceptors (Lipinski definition) is 3. The van der Waals surface area contributed by atoms with Gasteiger partial charge in [0.2, 0.25) is 0 Å². The molecule has 5 fully saturated rings. The molecular formula is C30H38N2OS. The molecule has 180 valence electrons. The number of rotatable bonds is 6. The van der Waals surface area contributed by atoms with E-state index in [-0.39, 0.29) is 10.8 Å². The molecular weight excluding hydrogens is 436 g/mol. The Kier molecular flexibility index (Phi) is 6.03. The number of benzene rings is 2. The van der Waals surface area contributed by atoms with Crippen LogP contribution in [0.2, 0.25) is 0 Å². The normalized spacial score (nSPS) is 38.6. The topological polar surface area (TPSA) is 47.3 Å². The highest BCUT2D eigenvalue weighted by Gasteiger charge is 2.63. The predicted molar refractivity (Wildman–Crippen MR) is 142 cm³/mol. The molecule has 0 radical (unpaired) electrons. The van der Waals surface area contributed by atoms with E-state index in [0.717, 1.165) is 37.3 Å². The summed E-state index contributed by atoms with van der Waals surface area (Å²) in [6.07, 6.45) is 10.9. The number of nitrogens with one attached hydrogen (secondary N) is 1. The van der Waals surface area contributed by atoms with Crippen LogP contribution in [0.25, 0.3) is 0 Å². The van der Waals surface area contributed by atoms with Crippen molar-refractivity contribution in [1.29, 1.82) is 0 Å². The zero-order valence-electron chi connectivity index (χ0n) is 20.1. The van der Waals surface area contributed by atoms with Crippen LogP contribution < -0.4 is 11.1 Å². The van der Waals surface area contributed by atoms with Crippen molar-refractivity contribution in [3.05, 3.63) is 71.8 Å². The molecule has 3 N–H and O–H groups in total. The van der Waals surface area contributed by atoms with Crippen molar-refractivity contribution in [2.75, 3.05) is 0 Å². The van der Waals surface area contributed by atoms with Crippen LogP contribution in [0.3, 0.4) is 0 Å². The molecule has 7 rings (SSSR count). The van der Waals surface area contributed by atoms with Crippen LogP contribution in [0.4, 0.5) is 0 Å². The lowest BCUT2D eigenvalue weighted by molar-refractivity contribution is -0.155. The zero-order chi connectivity index (χ0) is 23.2. The van der Waals surface area contributed by atoms with Gasteiger partial charge in [0.25, 0.3) is 0 Å². The summed E-state index contributed by atoms with van der Waals surface area (Å²) in [6, 6.07) is 22.8.